The van der Waals surface area contributed by atoms with Crippen molar-refractivity contribution < 1.29 is 31.1 Å². The monoisotopic (exact) mass is 609 g/mol. The molecule has 222 valence electrons. The Morgan fingerprint density at radius 3 is 2.71 bits per heavy atom. The van der Waals surface area contributed by atoms with Crippen molar-refractivity contribution in [2.45, 2.75) is 35.9 Å². The van der Waals surface area contributed by atoms with Crippen LogP contribution in [0.25, 0.3) is 10.1 Å². The van der Waals surface area contributed by atoms with Crippen LogP contribution >= 0.6 is 11.3 Å². The number of nitrogens with zero attached hydrogens (tertiary/aromatic N) is 1. The van der Waals surface area contributed by atoms with Gasteiger partial charge in [-0.2, -0.15) is 13.2 Å². The number of likely N-dealkylation sites (tertiary alicyclic amines) is 1. The van der Waals surface area contributed by atoms with Crippen LogP contribution in [-0.4, -0.2) is 78.8 Å². The molecule has 1 aromatic heterocycles. The summed E-state index contributed by atoms with van der Waals surface area (Å²) in [5, 5.41) is 3.65. The number of likely N-dealkylation sites (N-methyl/N-ethyl adjacent to an activating group) is 1. The molecule has 2 unspecified atom stereocenters. The molecule has 1 saturated heterocycles. The number of anilines is 1. The topological polar surface area (TPSA) is 93.9 Å². The number of nitrogens with two attached hydrogens (primary N) is 1. The van der Waals surface area contributed by atoms with Gasteiger partial charge in [-0.15, -0.1) is 11.3 Å². The molecule has 2 heterocycles. The second-order valence-electron chi connectivity index (χ2n) is 10.2. The summed E-state index contributed by atoms with van der Waals surface area (Å²) >= 11 is 1.28. The fraction of sp³-hybridized carbons (Fsp3) is 0.448. The van der Waals surface area contributed by atoms with Gasteiger partial charge in [0.2, 0.25) is 0 Å². The van der Waals surface area contributed by atoms with E-state index in [1.165, 1.54) is 30.6 Å². The van der Waals surface area contributed by atoms with E-state index >= 15 is 0 Å². The van der Waals surface area contributed by atoms with E-state index in [9.17, 15) is 21.6 Å². The fourth-order valence-corrected chi connectivity index (χ4v) is 6.83. The average Bonchev–Trinajstić information content (AvgIpc) is 3.24. The van der Waals surface area contributed by atoms with E-state index in [0.29, 0.717) is 28.3 Å². The zero-order chi connectivity index (χ0) is 29.8. The van der Waals surface area contributed by atoms with Gasteiger partial charge in [-0.1, -0.05) is 30.0 Å². The Hall–Kier alpha value is -2.82. The summed E-state index contributed by atoms with van der Waals surface area (Å²) in [6.07, 6.45) is -3.54. The first-order valence-electron chi connectivity index (χ1n) is 13.1. The Bertz CT molecular complexity index is 1540. The quantitative estimate of drug-likeness (QED) is 0.270. The summed E-state index contributed by atoms with van der Waals surface area (Å²) in [5.41, 5.74) is 8.10. The van der Waals surface area contributed by atoms with Crippen LogP contribution in [-0.2, 0) is 21.0 Å². The molecular formula is C29H34F3N3O4S2. The van der Waals surface area contributed by atoms with Crippen LogP contribution in [0.5, 0.6) is 5.75 Å². The maximum atomic E-state index is 13.6. The molecule has 7 nitrogen and oxygen atoms in total. The maximum absolute atomic E-state index is 13.6. The van der Waals surface area contributed by atoms with Crippen molar-refractivity contribution in [2.24, 2.45) is 5.73 Å². The minimum atomic E-state index is -4.39. The Balaban J connectivity index is 1.64. The van der Waals surface area contributed by atoms with E-state index in [1.54, 1.807) is 18.2 Å². The molecular weight excluding hydrogens is 575 g/mol. The number of hydrogen-bond acceptors (Lipinski definition) is 8. The van der Waals surface area contributed by atoms with E-state index in [2.05, 4.69) is 22.1 Å². The van der Waals surface area contributed by atoms with E-state index in [1.807, 2.05) is 13.1 Å². The summed E-state index contributed by atoms with van der Waals surface area (Å²) < 4.78 is 76.4. The first-order chi connectivity index (χ1) is 19.4. The number of benzene rings is 2. The summed E-state index contributed by atoms with van der Waals surface area (Å²) in [6, 6.07) is 9.87. The van der Waals surface area contributed by atoms with Crippen molar-refractivity contribution in [1.29, 1.82) is 0 Å². The number of thiophene rings is 1. The molecule has 2 aromatic carbocycles. The van der Waals surface area contributed by atoms with Gasteiger partial charge in [0.05, 0.1) is 35.0 Å². The van der Waals surface area contributed by atoms with Gasteiger partial charge in [0, 0.05) is 42.6 Å². The van der Waals surface area contributed by atoms with Crippen LogP contribution in [0.15, 0.2) is 41.3 Å². The SMILES string of the molecule is COCCOc1cc(S(C)(=O)=O)ccc1NCC#Cc1sc2c(C3CN(C)CCC3N)cccc2c1CC(F)(F)F. The van der Waals surface area contributed by atoms with Crippen molar-refractivity contribution in [3.63, 3.8) is 0 Å². The zero-order valence-electron chi connectivity index (χ0n) is 23.2. The first-order valence-corrected chi connectivity index (χ1v) is 15.8. The van der Waals surface area contributed by atoms with Gasteiger partial charge in [0.15, 0.2) is 9.84 Å². The third-order valence-electron chi connectivity index (χ3n) is 6.99. The minimum absolute atomic E-state index is 0.0174. The highest BCUT2D eigenvalue weighted by Crippen LogP contribution is 2.40. The lowest BCUT2D eigenvalue weighted by Crippen LogP contribution is -2.44. The lowest BCUT2D eigenvalue weighted by atomic mass is 9.86. The molecule has 0 amide bonds. The molecule has 0 aliphatic carbocycles. The third kappa shape index (κ3) is 7.93. The molecule has 2 atom stereocenters. The van der Waals surface area contributed by atoms with Gasteiger partial charge in [0.25, 0.3) is 0 Å². The van der Waals surface area contributed by atoms with Crippen molar-refractivity contribution in [3.8, 4) is 17.6 Å². The lowest BCUT2D eigenvalue weighted by Gasteiger charge is -2.35. The van der Waals surface area contributed by atoms with Gasteiger partial charge < -0.3 is 25.4 Å². The number of alkyl halides is 3. The Labute approximate surface area is 242 Å². The minimum Gasteiger partial charge on any atom is -0.489 e. The van der Waals surface area contributed by atoms with Gasteiger partial charge in [-0.25, -0.2) is 8.42 Å². The molecule has 1 aliphatic heterocycles. The van der Waals surface area contributed by atoms with E-state index in [-0.39, 0.29) is 35.6 Å². The highest BCUT2D eigenvalue weighted by Gasteiger charge is 2.33. The third-order valence-corrected chi connectivity index (χ3v) is 9.31. The van der Waals surface area contributed by atoms with Crippen LogP contribution < -0.4 is 15.8 Å². The van der Waals surface area contributed by atoms with E-state index in [4.69, 9.17) is 15.2 Å². The second kappa shape index (κ2) is 13.0. The fourth-order valence-electron chi connectivity index (χ4n) is 4.92. The molecule has 41 heavy (non-hydrogen) atoms. The smallest absolute Gasteiger partial charge is 0.393 e. The predicted molar refractivity (Wildman–Crippen MR) is 157 cm³/mol. The Morgan fingerprint density at radius 2 is 2.00 bits per heavy atom. The molecule has 4 rings (SSSR count). The average molecular weight is 610 g/mol. The molecule has 1 aliphatic rings. The molecule has 3 N–H and O–H groups in total. The zero-order valence-corrected chi connectivity index (χ0v) is 24.8. The summed E-state index contributed by atoms with van der Waals surface area (Å²) in [4.78, 5) is 2.66. The summed E-state index contributed by atoms with van der Waals surface area (Å²) in [7, 11) is 0.0949. The van der Waals surface area contributed by atoms with Crippen molar-refractivity contribution in [2.75, 3.05) is 58.6 Å². The molecule has 0 bridgehead atoms. The summed E-state index contributed by atoms with van der Waals surface area (Å²) in [5.74, 6) is 6.23. The number of sulfone groups is 1. The van der Waals surface area contributed by atoms with Crippen LogP contribution in [0.1, 0.15) is 28.3 Å². The molecule has 12 heteroatoms. The van der Waals surface area contributed by atoms with Crippen molar-refractivity contribution >= 4 is 36.9 Å². The largest absolute Gasteiger partial charge is 0.489 e. The van der Waals surface area contributed by atoms with Crippen LogP contribution in [0.2, 0.25) is 0 Å². The normalized spacial score (nSPS) is 18.2. The van der Waals surface area contributed by atoms with Crippen molar-refractivity contribution in [3.05, 3.63) is 52.4 Å². The molecule has 0 radical (unpaired) electrons. The number of ether oxygens (including phenoxy) is 2. The highest BCUT2D eigenvalue weighted by atomic mass is 32.2. The number of piperidine rings is 1. The number of nitrogens with one attached hydrogen (secondary N) is 1. The summed E-state index contributed by atoms with van der Waals surface area (Å²) in [6.45, 7) is 2.24. The van der Waals surface area contributed by atoms with Gasteiger partial charge >= 0.3 is 6.18 Å². The number of halogens is 3. The van der Waals surface area contributed by atoms with Crippen LogP contribution in [0.3, 0.4) is 0 Å². The molecule has 0 saturated carbocycles. The van der Waals surface area contributed by atoms with E-state index < -0.39 is 22.4 Å². The van der Waals surface area contributed by atoms with Crippen molar-refractivity contribution in [1.82, 2.24) is 4.90 Å². The maximum Gasteiger partial charge on any atom is 0.393 e. The number of methoxy groups -OCH3 is 1. The first kappa shape index (κ1) is 31.1. The second-order valence-corrected chi connectivity index (χ2v) is 13.2. The van der Waals surface area contributed by atoms with Gasteiger partial charge in [-0.3, -0.25) is 0 Å². The highest BCUT2D eigenvalue weighted by molar-refractivity contribution is 7.90. The number of hydrogen-bond donors (Lipinski definition) is 2. The van der Waals surface area contributed by atoms with Gasteiger partial charge in [0.1, 0.15) is 12.4 Å². The standard InChI is InChI=1S/C29H34F3N3O4S2/c1-35-13-11-24(33)23(18-35)21-7-4-6-20-22(17-29(30,31)32)27(40-28(20)21)8-5-12-34-25-10-9-19(41(3,36)37)16-26(25)39-15-14-38-2/h4,6-7,9-10,16,23-24,34H,11-15,17-18,33H2,1-3H3. The lowest BCUT2D eigenvalue weighted by molar-refractivity contribution is -0.126. The molecule has 3 aromatic rings. The Kier molecular flexibility index (Phi) is 9.87. The molecule has 1 fully saturated rings. The molecule has 0 spiro atoms. The van der Waals surface area contributed by atoms with Crippen LogP contribution in [0.4, 0.5) is 18.9 Å². The predicted octanol–water partition coefficient (Wildman–Crippen LogP) is 4.64. The number of fused-ring (bicyclic) bond motifs is 1. The Morgan fingerprint density at radius 1 is 1.22 bits per heavy atom. The van der Waals surface area contributed by atoms with E-state index in [0.717, 1.165) is 36.0 Å². The van der Waals surface area contributed by atoms with Crippen LogP contribution in [0, 0.1) is 11.8 Å². The van der Waals surface area contributed by atoms with Gasteiger partial charge in [-0.05, 0) is 48.7 Å². The number of rotatable bonds is 9.